The van der Waals surface area contributed by atoms with Gasteiger partial charge in [0.15, 0.2) is 5.13 Å². The number of nitrogens with zero attached hydrogens (tertiary/aromatic N) is 3. The number of rotatable bonds is 8. The van der Waals surface area contributed by atoms with E-state index in [1.165, 1.54) is 35.6 Å². The van der Waals surface area contributed by atoms with Crippen LogP contribution in [0.5, 0.6) is 0 Å². The molecule has 2 N–H and O–H groups in total. The molecule has 3 aliphatic rings. The number of methoxy groups -OCH3 is 1. The van der Waals surface area contributed by atoms with Crippen LogP contribution in [0.3, 0.4) is 0 Å². The fourth-order valence-electron chi connectivity index (χ4n) is 4.52. The second kappa shape index (κ2) is 9.97. The normalized spacial score (nSPS) is 23.5. The molecule has 1 saturated carbocycles. The molecule has 2 atom stereocenters. The molecular formula is C22H28ClN5O3S2. The highest BCUT2D eigenvalue weighted by Gasteiger charge is 2.35. The van der Waals surface area contributed by atoms with Gasteiger partial charge in [-0.1, -0.05) is 11.6 Å². The molecule has 2 aromatic heterocycles. The van der Waals surface area contributed by atoms with E-state index in [0.717, 1.165) is 31.1 Å². The first-order valence-corrected chi connectivity index (χ1v) is 13.3. The predicted octanol–water partition coefficient (Wildman–Crippen LogP) is 2.69. The van der Waals surface area contributed by atoms with Crippen molar-refractivity contribution in [2.75, 3.05) is 45.2 Å². The van der Waals surface area contributed by atoms with E-state index in [9.17, 15) is 9.59 Å². The number of nitrogens with one attached hydrogen (secondary N) is 2. The number of halogens is 1. The topological polar surface area (TPSA) is 86.8 Å². The third-order valence-corrected chi connectivity index (χ3v) is 8.62. The number of ether oxygens (including phenoxy) is 1. The first-order chi connectivity index (χ1) is 16.0. The fourth-order valence-corrected chi connectivity index (χ4v) is 6.53. The highest BCUT2D eigenvalue weighted by Crippen LogP contribution is 2.33. The maximum absolute atomic E-state index is 12.7. The number of carbonyl (C=O) groups is 2. The van der Waals surface area contributed by atoms with E-state index in [4.69, 9.17) is 16.3 Å². The van der Waals surface area contributed by atoms with E-state index in [1.807, 2.05) is 4.90 Å². The Balaban J connectivity index is 1.13. The zero-order valence-electron chi connectivity index (χ0n) is 18.5. The quantitative estimate of drug-likeness (QED) is 0.569. The van der Waals surface area contributed by atoms with E-state index < -0.39 is 0 Å². The van der Waals surface area contributed by atoms with E-state index in [2.05, 4.69) is 20.5 Å². The molecule has 2 aliphatic heterocycles. The van der Waals surface area contributed by atoms with Crippen molar-refractivity contribution < 1.29 is 14.3 Å². The van der Waals surface area contributed by atoms with Gasteiger partial charge in [-0.05, 0) is 30.9 Å². The standard InChI is InChI=1S/C22H28ClN5O3S2/c1-31-16-10-28(9-15(16)24-21(30)17-4-5-19(23)32-17)12-20(29)26-22-25-14-6-7-27(8-13-2-3-13)11-18(14)33-22/h4-5,13,15-16H,2-3,6-12H2,1H3,(H,24,30)(H,25,26,29)/t15-,16-/m0/s1. The minimum Gasteiger partial charge on any atom is -0.378 e. The molecular weight excluding hydrogens is 482 g/mol. The third kappa shape index (κ3) is 5.75. The summed E-state index contributed by atoms with van der Waals surface area (Å²) >= 11 is 8.78. The molecule has 2 amide bonds. The van der Waals surface area contributed by atoms with Gasteiger partial charge in [-0.15, -0.1) is 22.7 Å². The summed E-state index contributed by atoms with van der Waals surface area (Å²) in [5.41, 5.74) is 1.12. The van der Waals surface area contributed by atoms with Crippen LogP contribution in [-0.4, -0.2) is 78.6 Å². The average molecular weight is 510 g/mol. The number of thiazole rings is 1. The van der Waals surface area contributed by atoms with Gasteiger partial charge in [-0.25, -0.2) is 4.98 Å². The largest absolute Gasteiger partial charge is 0.378 e. The van der Waals surface area contributed by atoms with Gasteiger partial charge in [0.2, 0.25) is 5.91 Å². The number of hydrogen-bond donors (Lipinski definition) is 2. The Morgan fingerprint density at radius 3 is 2.82 bits per heavy atom. The summed E-state index contributed by atoms with van der Waals surface area (Å²) < 4.78 is 6.14. The van der Waals surface area contributed by atoms with Crippen LogP contribution in [0.4, 0.5) is 5.13 Å². The highest BCUT2D eigenvalue weighted by atomic mass is 35.5. The lowest BCUT2D eigenvalue weighted by molar-refractivity contribution is -0.117. The molecule has 178 valence electrons. The van der Waals surface area contributed by atoms with Crippen molar-refractivity contribution in [1.29, 1.82) is 0 Å². The number of aromatic nitrogens is 1. The Labute approximate surface area is 206 Å². The maximum Gasteiger partial charge on any atom is 0.261 e. The number of amides is 2. The van der Waals surface area contributed by atoms with Gasteiger partial charge < -0.3 is 15.4 Å². The van der Waals surface area contributed by atoms with Crippen LogP contribution < -0.4 is 10.6 Å². The van der Waals surface area contributed by atoms with Crippen LogP contribution in [0.15, 0.2) is 12.1 Å². The first-order valence-electron chi connectivity index (χ1n) is 11.3. The van der Waals surface area contributed by atoms with Crippen molar-refractivity contribution in [3.05, 3.63) is 31.9 Å². The lowest BCUT2D eigenvalue weighted by Gasteiger charge is -2.25. The van der Waals surface area contributed by atoms with Crippen LogP contribution in [-0.2, 0) is 22.5 Å². The molecule has 0 bridgehead atoms. The predicted molar refractivity (Wildman–Crippen MR) is 130 cm³/mol. The van der Waals surface area contributed by atoms with E-state index in [0.29, 0.717) is 27.4 Å². The van der Waals surface area contributed by atoms with Gasteiger partial charge in [0.05, 0.1) is 33.6 Å². The second-order valence-corrected chi connectivity index (χ2v) is 11.8. The van der Waals surface area contributed by atoms with Gasteiger partial charge >= 0.3 is 0 Å². The number of likely N-dealkylation sites (tertiary alicyclic amines) is 1. The smallest absolute Gasteiger partial charge is 0.261 e. The molecule has 4 heterocycles. The SMILES string of the molecule is CO[C@H]1CN(CC(=O)Nc2nc3c(s2)CN(CC2CC2)CC3)C[C@@H]1NC(=O)c1ccc(Cl)s1. The minimum absolute atomic E-state index is 0.0946. The Morgan fingerprint density at radius 1 is 1.24 bits per heavy atom. The molecule has 0 spiro atoms. The summed E-state index contributed by atoms with van der Waals surface area (Å²) in [6.45, 7) is 4.53. The summed E-state index contributed by atoms with van der Waals surface area (Å²) in [5.74, 6) is 0.615. The van der Waals surface area contributed by atoms with Crippen molar-refractivity contribution in [3.63, 3.8) is 0 Å². The monoisotopic (exact) mass is 509 g/mol. The van der Waals surface area contributed by atoms with E-state index in [1.54, 1.807) is 30.6 Å². The summed E-state index contributed by atoms with van der Waals surface area (Å²) in [6, 6.07) is 3.23. The van der Waals surface area contributed by atoms with Gasteiger partial charge in [0.1, 0.15) is 0 Å². The van der Waals surface area contributed by atoms with Crippen molar-refractivity contribution >= 4 is 51.2 Å². The maximum atomic E-state index is 12.7. The molecule has 33 heavy (non-hydrogen) atoms. The summed E-state index contributed by atoms with van der Waals surface area (Å²) in [7, 11) is 1.63. The number of fused-ring (bicyclic) bond motifs is 1. The molecule has 2 fully saturated rings. The van der Waals surface area contributed by atoms with Crippen molar-refractivity contribution in [1.82, 2.24) is 20.1 Å². The molecule has 0 radical (unpaired) electrons. The van der Waals surface area contributed by atoms with Crippen LogP contribution >= 0.6 is 34.3 Å². The Bertz CT molecular complexity index is 1020. The summed E-state index contributed by atoms with van der Waals surface area (Å²) in [4.78, 5) is 36.2. The Hall–Kier alpha value is -1.56. The van der Waals surface area contributed by atoms with Gasteiger partial charge in [0.25, 0.3) is 5.91 Å². The van der Waals surface area contributed by atoms with Crippen LogP contribution in [0.2, 0.25) is 4.34 Å². The number of carbonyl (C=O) groups excluding carboxylic acids is 2. The third-order valence-electron chi connectivity index (χ3n) is 6.40. The van der Waals surface area contributed by atoms with Gasteiger partial charge in [0, 0.05) is 51.1 Å². The molecule has 0 unspecified atom stereocenters. The minimum atomic E-state index is -0.194. The molecule has 0 aromatic carbocycles. The molecule has 5 rings (SSSR count). The fraction of sp³-hybridized carbons (Fsp3) is 0.591. The van der Waals surface area contributed by atoms with E-state index in [-0.39, 0.29) is 30.5 Å². The molecule has 2 aromatic rings. The number of anilines is 1. The molecule has 1 saturated heterocycles. The number of thiophene rings is 1. The number of hydrogen-bond acceptors (Lipinski definition) is 8. The zero-order valence-corrected chi connectivity index (χ0v) is 20.9. The lowest BCUT2D eigenvalue weighted by atomic mass is 10.1. The first kappa shape index (κ1) is 23.2. The van der Waals surface area contributed by atoms with Crippen LogP contribution in [0.25, 0.3) is 0 Å². The van der Waals surface area contributed by atoms with Crippen molar-refractivity contribution in [3.8, 4) is 0 Å². The second-order valence-electron chi connectivity index (χ2n) is 9.02. The van der Waals surface area contributed by atoms with Gasteiger partial charge in [-0.3, -0.25) is 19.4 Å². The van der Waals surface area contributed by atoms with E-state index >= 15 is 0 Å². The summed E-state index contributed by atoms with van der Waals surface area (Å²) in [5, 5.41) is 6.68. The molecule has 8 nitrogen and oxygen atoms in total. The Kier molecular flexibility index (Phi) is 7.01. The van der Waals surface area contributed by atoms with Gasteiger partial charge in [-0.2, -0.15) is 0 Å². The summed E-state index contributed by atoms with van der Waals surface area (Å²) in [6.07, 6.45) is 3.50. The highest BCUT2D eigenvalue weighted by molar-refractivity contribution is 7.18. The zero-order chi connectivity index (χ0) is 22.9. The lowest BCUT2D eigenvalue weighted by Crippen LogP contribution is -2.43. The molecule has 11 heteroatoms. The molecule has 1 aliphatic carbocycles. The van der Waals surface area contributed by atoms with Crippen LogP contribution in [0, 0.1) is 5.92 Å². The Morgan fingerprint density at radius 2 is 2.09 bits per heavy atom. The average Bonchev–Trinajstić information content (AvgIpc) is 3.16. The van der Waals surface area contributed by atoms with Crippen LogP contribution in [0.1, 0.15) is 33.1 Å². The van der Waals surface area contributed by atoms with Crippen molar-refractivity contribution in [2.24, 2.45) is 5.92 Å². The van der Waals surface area contributed by atoms with Crippen molar-refractivity contribution in [2.45, 2.75) is 38.0 Å².